The van der Waals surface area contributed by atoms with Crippen molar-refractivity contribution in [3.63, 3.8) is 0 Å². The Morgan fingerprint density at radius 2 is 2.13 bits per heavy atom. The first-order chi connectivity index (χ1) is 7.02. The minimum absolute atomic E-state index is 0.00481. The third kappa shape index (κ3) is 5.01. The molecule has 0 aromatic heterocycles. The molecule has 0 rings (SSSR count). The van der Waals surface area contributed by atoms with Crippen LogP contribution in [0.2, 0.25) is 0 Å². The lowest BCUT2D eigenvalue weighted by Gasteiger charge is -2.17. The second kappa shape index (κ2) is 6.82. The van der Waals surface area contributed by atoms with Crippen LogP contribution in [0.4, 0.5) is 0 Å². The zero-order valence-electron chi connectivity index (χ0n) is 9.41. The quantitative estimate of drug-likeness (QED) is 0.702. The van der Waals surface area contributed by atoms with Crippen molar-refractivity contribution < 1.29 is 9.59 Å². The molecule has 84 valence electrons. The van der Waals surface area contributed by atoms with Gasteiger partial charge >= 0.3 is 0 Å². The van der Waals surface area contributed by atoms with Crippen LogP contribution >= 0.6 is 0 Å². The van der Waals surface area contributed by atoms with Gasteiger partial charge in [0.2, 0.25) is 11.8 Å². The van der Waals surface area contributed by atoms with Gasteiger partial charge in [0.15, 0.2) is 0 Å². The van der Waals surface area contributed by atoms with Gasteiger partial charge in [0, 0.05) is 13.6 Å². The van der Waals surface area contributed by atoms with Crippen LogP contribution in [0.25, 0.3) is 0 Å². The molecular formula is C10H17N3O2. The van der Waals surface area contributed by atoms with Crippen molar-refractivity contribution >= 4 is 11.8 Å². The number of hydrogen-bond acceptors (Lipinski definition) is 3. The molecule has 2 amide bonds. The van der Waals surface area contributed by atoms with Gasteiger partial charge in [0.25, 0.3) is 0 Å². The minimum atomic E-state index is -0.700. The summed E-state index contributed by atoms with van der Waals surface area (Å²) in [5.41, 5.74) is 0. The molecule has 5 heteroatoms. The van der Waals surface area contributed by atoms with E-state index >= 15 is 0 Å². The standard InChI is InChI=1S/C10H17N3O2/c1-4-5-12-9(14)7-13(3)10(15)8(2)6-11/h8H,4-5,7H2,1-3H3,(H,12,14). The molecule has 15 heavy (non-hydrogen) atoms. The highest BCUT2D eigenvalue weighted by molar-refractivity contribution is 5.86. The highest BCUT2D eigenvalue weighted by Gasteiger charge is 2.18. The van der Waals surface area contributed by atoms with Crippen molar-refractivity contribution in [3.05, 3.63) is 0 Å². The van der Waals surface area contributed by atoms with E-state index in [0.29, 0.717) is 6.54 Å². The van der Waals surface area contributed by atoms with Crippen molar-refractivity contribution in [2.24, 2.45) is 5.92 Å². The summed E-state index contributed by atoms with van der Waals surface area (Å²) in [6.45, 7) is 4.08. The van der Waals surface area contributed by atoms with Crippen molar-refractivity contribution in [2.45, 2.75) is 20.3 Å². The van der Waals surface area contributed by atoms with E-state index in [1.807, 2.05) is 13.0 Å². The van der Waals surface area contributed by atoms with Crippen LogP contribution in [0, 0.1) is 17.2 Å². The van der Waals surface area contributed by atoms with Crippen LogP contribution in [-0.4, -0.2) is 36.9 Å². The maximum atomic E-state index is 11.4. The monoisotopic (exact) mass is 211 g/mol. The number of nitrogens with one attached hydrogen (secondary N) is 1. The van der Waals surface area contributed by atoms with Gasteiger partial charge in [-0.15, -0.1) is 0 Å². The lowest BCUT2D eigenvalue weighted by atomic mass is 10.2. The molecule has 0 aliphatic carbocycles. The first-order valence-electron chi connectivity index (χ1n) is 4.94. The van der Waals surface area contributed by atoms with E-state index in [1.165, 1.54) is 18.9 Å². The predicted octanol–water partition coefficient (Wildman–Crippen LogP) is 0.131. The molecule has 0 radical (unpaired) electrons. The summed E-state index contributed by atoms with van der Waals surface area (Å²) in [6, 6.07) is 1.84. The molecule has 0 aromatic carbocycles. The zero-order valence-corrected chi connectivity index (χ0v) is 9.41. The van der Waals surface area contributed by atoms with Crippen LogP contribution in [-0.2, 0) is 9.59 Å². The Morgan fingerprint density at radius 3 is 2.60 bits per heavy atom. The Balaban J connectivity index is 4.03. The van der Waals surface area contributed by atoms with Gasteiger partial charge in [-0.25, -0.2) is 0 Å². The molecule has 0 heterocycles. The summed E-state index contributed by atoms with van der Waals surface area (Å²) < 4.78 is 0. The highest BCUT2D eigenvalue weighted by Crippen LogP contribution is 1.98. The Kier molecular flexibility index (Phi) is 6.11. The summed E-state index contributed by atoms with van der Waals surface area (Å²) >= 11 is 0. The van der Waals surface area contributed by atoms with Crippen LogP contribution in [0.3, 0.4) is 0 Å². The number of hydrogen-bond donors (Lipinski definition) is 1. The summed E-state index contributed by atoms with van der Waals surface area (Å²) in [5, 5.41) is 11.2. The number of rotatable bonds is 5. The molecule has 0 spiro atoms. The Labute approximate surface area is 90.0 Å². The molecular weight excluding hydrogens is 194 g/mol. The van der Waals surface area contributed by atoms with E-state index in [0.717, 1.165) is 6.42 Å². The highest BCUT2D eigenvalue weighted by atomic mass is 16.2. The molecule has 0 fully saturated rings. The van der Waals surface area contributed by atoms with Gasteiger partial charge in [-0.05, 0) is 13.3 Å². The largest absolute Gasteiger partial charge is 0.355 e. The van der Waals surface area contributed by atoms with Crippen LogP contribution in [0.15, 0.2) is 0 Å². The van der Waals surface area contributed by atoms with Crippen LogP contribution < -0.4 is 5.32 Å². The number of carbonyl (C=O) groups excluding carboxylic acids is 2. The fraction of sp³-hybridized carbons (Fsp3) is 0.700. The van der Waals surface area contributed by atoms with E-state index in [1.54, 1.807) is 0 Å². The topological polar surface area (TPSA) is 73.2 Å². The van der Waals surface area contributed by atoms with E-state index in [9.17, 15) is 9.59 Å². The Hall–Kier alpha value is -1.57. The third-order valence-electron chi connectivity index (χ3n) is 1.89. The summed E-state index contributed by atoms with van der Waals surface area (Å²) in [6.07, 6.45) is 0.859. The SMILES string of the molecule is CCCNC(=O)CN(C)C(=O)C(C)C#N. The van der Waals surface area contributed by atoms with Gasteiger partial charge in [-0.2, -0.15) is 5.26 Å². The molecule has 0 saturated heterocycles. The van der Waals surface area contributed by atoms with Crippen molar-refractivity contribution in [1.29, 1.82) is 5.26 Å². The molecule has 1 atom stereocenters. The first kappa shape index (κ1) is 13.4. The molecule has 1 N–H and O–H groups in total. The molecule has 0 aromatic rings. The van der Waals surface area contributed by atoms with Crippen molar-refractivity contribution in [2.75, 3.05) is 20.1 Å². The number of amides is 2. The Morgan fingerprint density at radius 1 is 1.53 bits per heavy atom. The van der Waals surface area contributed by atoms with Crippen LogP contribution in [0.1, 0.15) is 20.3 Å². The van der Waals surface area contributed by atoms with E-state index in [2.05, 4.69) is 5.32 Å². The molecule has 0 saturated carbocycles. The Bertz CT molecular complexity index is 270. The fourth-order valence-corrected chi connectivity index (χ4v) is 0.999. The third-order valence-corrected chi connectivity index (χ3v) is 1.89. The number of carbonyl (C=O) groups is 2. The van der Waals surface area contributed by atoms with Gasteiger partial charge < -0.3 is 10.2 Å². The average Bonchev–Trinajstić information content (AvgIpc) is 2.23. The van der Waals surface area contributed by atoms with Gasteiger partial charge in [0.05, 0.1) is 12.6 Å². The van der Waals surface area contributed by atoms with E-state index < -0.39 is 5.92 Å². The summed E-state index contributed by atoms with van der Waals surface area (Å²) in [7, 11) is 1.52. The first-order valence-corrected chi connectivity index (χ1v) is 4.94. The maximum Gasteiger partial charge on any atom is 0.239 e. The van der Waals surface area contributed by atoms with Crippen LogP contribution in [0.5, 0.6) is 0 Å². The summed E-state index contributed by atoms with van der Waals surface area (Å²) in [5.74, 6) is -1.23. The normalized spacial score (nSPS) is 11.3. The van der Waals surface area contributed by atoms with Gasteiger partial charge in [0.1, 0.15) is 5.92 Å². The lowest BCUT2D eigenvalue weighted by Crippen LogP contribution is -2.40. The molecule has 0 bridgehead atoms. The number of likely N-dealkylation sites (N-methyl/N-ethyl adjacent to an activating group) is 1. The van der Waals surface area contributed by atoms with Gasteiger partial charge in [-0.3, -0.25) is 9.59 Å². The predicted molar refractivity (Wildman–Crippen MR) is 55.7 cm³/mol. The lowest BCUT2D eigenvalue weighted by molar-refractivity contribution is -0.136. The zero-order chi connectivity index (χ0) is 11.8. The van der Waals surface area contributed by atoms with E-state index in [-0.39, 0.29) is 18.4 Å². The summed E-state index contributed by atoms with van der Waals surface area (Å²) in [4.78, 5) is 23.9. The smallest absolute Gasteiger partial charge is 0.239 e. The molecule has 0 aliphatic rings. The van der Waals surface area contributed by atoms with E-state index in [4.69, 9.17) is 5.26 Å². The molecule has 1 unspecified atom stereocenters. The van der Waals surface area contributed by atoms with Gasteiger partial charge in [-0.1, -0.05) is 6.92 Å². The second-order valence-electron chi connectivity index (χ2n) is 3.40. The van der Waals surface area contributed by atoms with Crippen molar-refractivity contribution in [1.82, 2.24) is 10.2 Å². The minimum Gasteiger partial charge on any atom is -0.355 e. The van der Waals surface area contributed by atoms with Crippen molar-refractivity contribution in [3.8, 4) is 6.07 Å². The fourth-order valence-electron chi connectivity index (χ4n) is 0.999. The number of nitrogens with zero attached hydrogens (tertiary/aromatic N) is 2. The average molecular weight is 211 g/mol. The second-order valence-corrected chi connectivity index (χ2v) is 3.40. The molecule has 0 aliphatic heterocycles. The maximum absolute atomic E-state index is 11.4. The molecule has 5 nitrogen and oxygen atoms in total. The number of nitriles is 1.